The van der Waals surface area contributed by atoms with E-state index in [1.54, 1.807) is 0 Å². The summed E-state index contributed by atoms with van der Waals surface area (Å²) in [5.74, 6) is 1.76. The first kappa shape index (κ1) is 13.0. The Morgan fingerprint density at radius 3 is 2.45 bits per heavy atom. The minimum Gasteiger partial charge on any atom is -0.454 e. The van der Waals surface area contributed by atoms with Crippen LogP contribution in [0.4, 0.5) is 0 Å². The zero-order valence-electron chi connectivity index (χ0n) is 11.5. The molecule has 1 aliphatic rings. The highest BCUT2D eigenvalue weighted by atomic mass is 16.7. The van der Waals surface area contributed by atoms with Crippen molar-refractivity contribution in [3.05, 3.63) is 59.2 Å². The topological polar surface area (TPSA) is 38.7 Å². The standard InChI is InChI=1S/C17H18O3/c1-12-2-4-13(5-3-12)15(8-9-18)14-6-7-16-17(10-14)20-11-19-16/h2-7,10,15,18H,8-9,11H2,1H3. The van der Waals surface area contributed by atoms with Crippen LogP contribution in [0.2, 0.25) is 0 Å². The fourth-order valence-electron chi connectivity index (χ4n) is 2.58. The molecule has 3 heteroatoms. The summed E-state index contributed by atoms with van der Waals surface area (Å²) in [5, 5.41) is 9.35. The maximum Gasteiger partial charge on any atom is 0.231 e. The number of aliphatic hydroxyl groups excluding tert-OH is 1. The number of hydrogen-bond donors (Lipinski definition) is 1. The first-order valence-electron chi connectivity index (χ1n) is 6.85. The summed E-state index contributed by atoms with van der Waals surface area (Å²) >= 11 is 0. The number of aliphatic hydroxyl groups is 1. The Kier molecular flexibility index (Phi) is 3.61. The number of ether oxygens (including phenoxy) is 2. The second-order valence-corrected chi connectivity index (χ2v) is 5.09. The van der Waals surface area contributed by atoms with Gasteiger partial charge in [-0.05, 0) is 36.6 Å². The molecule has 1 unspecified atom stereocenters. The number of aryl methyl sites for hydroxylation is 1. The second kappa shape index (κ2) is 5.55. The summed E-state index contributed by atoms with van der Waals surface area (Å²) in [7, 11) is 0. The molecule has 104 valence electrons. The molecule has 0 spiro atoms. The molecule has 1 atom stereocenters. The van der Waals surface area contributed by atoms with Gasteiger partial charge in [-0.15, -0.1) is 0 Å². The smallest absolute Gasteiger partial charge is 0.231 e. The van der Waals surface area contributed by atoms with Gasteiger partial charge in [-0.25, -0.2) is 0 Å². The van der Waals surface area contributed by atoms with E-state index in [1.807, 2.05) is 18.2 Å². The van der Waals surface area contributed by atoms with Crippen LogP contribution in [-0.4, -0.2) is 18.5 Å². The molecule has 1 N–H and O–H groups in total. The van der Waals surface area contributed by atoms with Crippen LogP contribution in [0.15, 0.2) is 42.5 Å². The monoisotopic (exact) mass is 270 g/mol. The third-order valence-corrected chi connectivity index (χ3v) is 3.70. The van der Waals surface area contributed by atoms with Gasteiger partial charge in [0.15, 0.2) is 11.5 Å². The van der Waals surface area contributed by atoms with Crippen molar-refractivity contribution in [2.45, 2.75) is 19.3 Å². The Hall–Kier alpha value is -2.00. The Morgan fingerprint density at radius 1 is 1.00 bits per heavy atom. The van der Waals surface area contributed by atoms with E-state index in [0.29, 0.717) is 6.42 Å². The third kappa shape index (κ3) is 2.49. The van der Waals surface area contributed by atoms with Crippen LogP contribution in [0.3, 0.4) is 0 Å². The molecule has 0 saturated heterocycles. The molecule has 20 heavy (non-hydrogen) atoms. The highest BCUT2D eigenvalue weighted by molar-refractivity contribution is 5.47. The fraction of sp³-hybridized carbons (Fsp3) is 0.294. The summed E-state index contributed by atoms with van der Waals surface area (Å²) in [6.45, 7) is 2.52. The molecule has 1 aliphatic heterocycles. The lowest BCUT2D eigenvalue weighted by Crippen LogP contribution is -2.04. The minimum atomic E-state index is 0.160. The largest absolute Gasteiger partial charge is 0.454 e. The van der Waals surface area contributed by atoms with E-state index in [9.17, 15) is 5.11 Å². The van der Waals surface area contributed by atoms with Crippen LogP contribution in [0, 0.1) is 6.92 Å². The van der Waals surface area contributed by atoms with E-state index in [0.717, 1.165) is 17.1 Å². The predicted octanol–water partition coefficient (Wildman–Crippen LogP) is 3.24. The summed E-state index contributed by atoms with van der Waals surface area (Å²) in [5.41, 5.74) is 3.60. The molecule has 0 aromatic heterocycles. The van der Waals surface area contributed by atoms with E-state index in [-0.39, 0.29) is 19.3 Å². The van der Waals surface area contributed by atoms with Crippen molar-refractivity contribution in [1.29, 1.82) is 0 Å². The predicted molar refractivity (Wildman–Crippen MR) is 77.3 cm³/mol. The van der Waals surface area contributed by atoms with Crippen molar-refractivity contribution >= 4 is 0 Å². The third-order valence-electron chi connectivity index (χ3n) is 3.70. The SMILES string of the molecule is Cc1ccc(C(CCO)c2ccc3c(c2)OCO3)cc1. The number of hydrogen-bond acceptors (Lipinski definition) is 3. The number of rotatable bonds is 4. The van der Waals surface area contributed by atoms with Gasteiger partial charge in [0, 0.05) is 12.5 Å². The molecule has 0 saturated carbocycles. The highest BCUT2D eigenvalue weighted by Crippen LogP contribution is 2.37. The molecule has 0 aliphatic carbocycles. The second-order valence-electron chi connectivity index (χ2n) is 5.09. The average molecular weight is 270 g/mol. The van der Waals surface area contributed by atoms with Gasteiger partial charge >= 0.3 is 0 Å². The molecule has 3 nitrogen and oxygen atoms in total. The van der Waals surface area contributed by atoms with Crippen molar-refractivity contribution < 1.29 is 14.6 Å². The van der Waals surface area contributed by atoms with Gasteiger partial charge in [0.05, 0.1) is 0 Å². The van der Waals surface area contributed by atoms with Crippen LogP contribution in [0.1, 0.15) is 29.0 Å². The lowest BCUT2D eigenvalue weighted by Gasteiger charge is -2.17. The molecule has 0 amide bonds. The van der Waals surface area contributed by atoms with E-state index >= 15 is 0 Å². The normalized spacial score (nSPS) is 14.3. The minimum absolute atomic E-state index is 0.160. The molecule has 0 bridgehead atoms. The lowest BCUT2D eigenvalue weighted by molar-refractivity contribution is 0.174. The maximum absolute atomic E-state index is 9.35. The molecule has 1 heterocycles. The molecule has 3 rings (SSSR count). The van der Waals surface area contributed by atoms with Gasteiger partial charge in [0.1, 0.15) is 0 Å². The van der Waals surface area contributed by atoms with Crippen molar-refractivity contribution in [1.82, 2.24) is 0 Å². The average Bonchev–Trinajstić information content (AvgIpc) is 2.93. The first-order chi connectivity index (χ1) is 9.78. The van der Waals surface area contributed by atoms with Gasteiger partial charge < -0.3 is 14.6 Å². The molecular formula is C17H18O3. The number of benzene rings is 2. The van der Waals surface area contributed by atoms with Crippen LogP contribution in [-0.2, 0) is 0 Å². The Balaban J connectivity index is 1.95. The Labute approximate surface area is 118 Å². The van der Waals surface area contributed by atoms with Gasteiger partial charge in [-0.3, -0.25) is 0 Å². The van der Waals surface area contributed by atoms with E-state index in [4.69, 9.17) is 9.47 Å². The summed E-state index contributed by atoms with van der Waals surface area (Å²) in [6.07, 6.45) is 0.697. The van der Waals surface area contributed by atoms with Crippen LogP contribution in [0.25, 0.3) is 0 Å². The molecule has 2 aromatic rings. The van der Waals surface area contributed by atoms with E-state index < -0.39 is 0 Å². The van der Waals surface area contributed by atoms with Crippen molar-refractivity contribution in [2.24, 2.45) is 0 Å². The molecule has 0 fully saturated rings. The quantitative estimate of drug-likeness (QED) is 0.927. The van der Waals surface area contributed by atoms with E-state index in [2.05, 4.69) is 31.2 Å². The highest BCUT2D eigenvalue weighted by Gasteiger charge is 2.19. The van der Waals surface area contributed by atoms with Gasteiger partial charge in [-0.1, -0.05) is 35.9 Å². The van der Waals surface area contributed by atoms with E-state index in [1.165, 1.54) is 11.1 Å². The van der Waals surface area contributed by atoms with Crippen molar-refractivity contribution in [2.75, 3.05) is 13.4 Å². The zero-order valence-corrected chi connectivity index (χ0v) is 11.5. The molecule has 2 aromatic carbocycles. The fourth-order valence-corrected chi connectivity index (χ4v) is 2.58. The van der Waals surface area contributed by atoms with Gasteiger partial charge in [0.25, 0.3) is 0 Å². The summed E-state index contributed by atoms with van der Waals surface area (Å²) in [4.78, 5) is 0. The maximum atomic E-state index is 9.35. The Morgan fingerprint density at radius 2 is 1.70 bits per heavy atom. The van der Waals surface area contributed by atoms with Crippen molar-refractivity contribution in [3.63, 3.8) is 0 Å². The number of fused-ring (bicyclic) bond motifs is 1. The Bertz CT molecular complexity index is 590. The first-order valence-corrected chi connectivity index (χ1v) is 6.85. The zero-order chi connectivity index (χ0) is 13.9. The summed E-state index contributed by atoms with van der Waals surface area (Å²) in [6, 6.07) is 14.5. The summed E-state index contributed by atoms with van der Waals surface area (Å²) < 4.78 is 10.8. The van der Waals surface area contributed by atoms with Crippen LogP contribution in [0.5, 0.6) is 11.5 Å². The van der Waals surface area contributed by atoms with Crippen molar-refractivity contribution in [3.8, 4) is 11.5 Å². The molecule has 0 radical (unpaired) electrons. The lowest BCUT2D eigenvalue weighted by atomic mass is 9.88. The van der Waals surface area contributed by atoms with Gasteiger partial charge in [-0.2, -0.15) is 0 Å². The van der Waals surface area contributed by atoms with Gasteiger partial charge in [0.2, 0.25) is 6.79 Å². The van der Waals surface area contributed by atoms with Crippen LogP contribution < -0.4 is 9.47 Å². The molecular weight excluding hydrogens is 252 g/mol. The van der Waals surface area contributed by atoms with Crippen LogP contribution >= 0.6 is 0 Å².